The number of anilines is 1. The fraction of sp³-hybridized carbons (Fsp3) is 0.0800. The van der Waals surface area contributed by atoms with Crippen molar-refractivity contribution in [3.63, 3.8) is 0 Å². The first-order chi connectivity index (χ1) is 15.1. The molecule has 0 bridgehead atoms. The second kappa shape index (κ2) is 7.49. The van der Waals surface area contributed by atoms with Crippen LogP contribution in [0.5, 0.6) is 0 Å². The fourth-order valence-corrected chi connectivity index (χ4v) is 5.35. The van der Waals surface area contributed by atoms with E-state index in [2.05, 4.69) is 0 Å². The van der Waals surface area contributed by atoms with Crippen LogP contribution >= 0.6 is 11.3 Å². The zero-order valence-electron chi connectivity index (χ0n) is 16.4. The third-order valence-electron chi connectivity index (χ3n) is 5.83. The molecule has 4 aromatic rings. The highest BCUT2D eigenvalue weighted by Crippen LogP contribution is 2.58. The Hall–Kier alpha value is -3.77. The second-order valence-corrected chi connectivity index (χ2v) is 8.39. The molecule has 0 spiro atoms. The molecule has 31 heavy (non-hydrogen) atoms. The van der Waals surface area contributed by atoms with Gasteiger partial charge in [-0.15, -0.1) is 11.3 Å². The quantitative estimate of drug-likeness (QED) is 0.233. The number of rotatable bonds is 5. The number of carbonyl (C=O) groups is 1. The van der Waals surface area contributed by atoms with Gasteiger partial charge >= 0.3 is 0 Å². The van der Waals surface area contributed by atoms with E-state index in [-0.39, 0.29) is 17.6 Å². The standard InChI is InChI=1S/C25H18N2O3S/c28-24-25(18-8-3-1-4-9-18,19-10-5-2-6-11-19)23(22-12-7-17-31-22)26(24)20-13-15-21(16-14-20)27(29)30/h1-17,23H. The van der Waals surface area contributed by atoms with E-state index in [0.29, 0.717) is 5.69 Å². The zero-order valence-corrected chi connectivity index (χ0v) is 17.2. The number of nitro groups is 1. The van der Waals surface area contributed by atoms with Crippen LogP contribution in [0.15, 0.2) is 102 Å². The summed E-state index contributed by atoms with van der Waals surface area (Å²) >= 11 is 1.60. The minimum absolute atomic E-state index is 0.00165. The number of benzene rings is 3. The summed E-state index contributed by atoms with van der Waals surface area (Å²) in [4.78, 5) is 27.5. The molecule has 1 unspecified atom stereocenters. The van der Waals surface area contributed by atoms with Crippen molar-refractivity contribution in [2.45, 2.75) is 11.5 Å². The van der Waals surface area contributed by atoms with E-state index in [1.54, 1.807) is 28.4 Å². The van der Waals surface area contributed by atoms with E-state index in [1.165, 1.54) is 12.1 Å². The average Bonchev–Trinajstić information content (AvgIpc) is 3.33. The van der Waals surface area contributed by atoms with Crippen LogP contribution in [0.1, 0.15) is 22.0 Å². The molecule has 1 aliphatic rings. The maximum absolute atomic E-state index is 14.0. The van der Waals surface area contributed by atoms with Crippen LogP contribution in [0.2, 0.25) is 0 Å². The molecule has 1 aliphatic heterocycles. The Balaban J connectivity index is 1.71. The first kappa shape index (κ1) is 19.2. The van der Waals surface area contributed by atoms with Gasteiger partial charge in [-0.3, -0.25) is 14.9 Å². The summed E-state index contributed by atoms with van der Waals surface area (Å²) in [7, 11) is 0. The van der Waals surface area contributed by atoms with Gasteiger partial charge in [-0.1, -0.05) is 66.7 Å². The van der Waals surface area contributed by atoms with E-state index in [4.69, 9.17) is 0 Å². The van der Waals surface area contributed by atoms with Gasteiger partial charge in [-0.2, -0.15) is 0 Å². The number of hydrogen-bond acceptors (Lipinski definition) is 4. The van der Waals surface area contributed by atoms with Crippen molar-refractivity contribution in [1.29, 1.82) is 0 Å². The van der Waals surface area contributed by atoms with E-state index in [1.807, 2.05) is 78.2 Å². The Morgan fingerprint density at radius 1 is 0.806 bits per heavy atom. The lowest BCUT2D eigenvalue weighted by Crippen LogP contribution is -2.67. The second-order valence-electron chi connectivity index (χ2n) is 7.41. The lowest BCUT2D eigenvalue weighted by Gasteiger charge is -2.56. The summed E-state index contributed by atoms with van der Waals surface area (Å²) in [6.07, 6.45) is 0. The minimum atomic E-state index is -0.866. The lowest BCUT2D eigenvalue weighted by atomic mass is 9.61. The van der Waals surface area contributed by atoms with Gasteiger partial charge in [0.2, 0.25) is 5.91 Å². The molecule has 5 nitrogen and oxygen atoms in total. The number of non-ortho nitro benzene ring substituents is 1. The van der Waals surface area contributed by atoms with Gasteiger partial charge in [-0.25, -0.2) is 0 Å². The third-order valence-corrected chi connectivity index (χ3v) is 6.76. The van der Waals surface area contributed by atoms with E-state index in [0.717, 1.165) is 16.0 Å². The number of nitro benzene ring substituents is 1. The van der Waals surface area contributed by atoms with Gasteiger partial charge in [0.25, 0.3) is 5.69 Å². The average molecular weight is 426 g/mol. The van der Waals surface area contributed by atoms with Crippen LogP contribution in [-0.2, 0) is 10.2 Å². The maximum Gasteiger partial charge on any atom is 0.269 e. The number of nitrogens with zero attached hydrogens (tertiary/aromatic N) is 2. The molecule has 1 aromatic heterocycles. The highest BCUT2D eigenvalue weighted by atomic mass is 32.1. The van der Waals surface area contributed by atoms with E-state index in [9.17, 15) is 14.9 Å². The summed E-state index contributed by atoms with van der Waals surface area (Å²) in [5.74, 6) is -0.0443. The van der Waals surface area contributed by atoms with Crippen LogP contribution in [0.25, 0.3) is 0 Å². The molecule has 6 heteroatoms. The number of β-lactam (4-membered cyclic amide) rings is 1. The fourth-order valence-electron chi connectivity index (χ4n) is 4.47. The number of amides is 1. The normalized spacial score (nSPS) is 17.2. The van der Waals surface area contributed by atoms with Crippen LogP contribution < -0.4 is 4.90 Å². The SMILES string of the molecule is O=C1N(c2ccc([N+](=O)[O-])cc2)C(c2cccs2)C1(c1ccccc1)c1ccccc1. The van der Waals surface area contributed by atoms with Crippen molar-refractivity contribution in [3.05, 3.63) is 129 Å². The summed E-state index contributed by atoms with van der Waals surface area (Å²) in [5, 5.41) is 13.1. The van der Waals surface area contributed by atoms with Crippen LogP contribution in [0, 0.1) is 10.1 Å². The van der Waals surface area contributed by atoms with Crippen LogP contribution in [0.3, 0.4) is 0 Å². The Kier molecular flexibility index (Phi) is 4.64. The molecular formula is C25H18N2O3S. The monoisotopic (exact) mass is 426 g/mol. The molecule has 2 heterocycles. The summed E-state index contributed by atoms with van der Waals surface area (Å²) in [6.45, 7) is 0. The third kappa shape index (κ3) is 2.87. The van der Waals surface area contributed by atoms with E-state index >= 15 is 0 Å². The van der Waals surface area contributed by atoms with E-state index < -0.39 is 10.3 Å². The molecule has 152 valence electrons. The number of thiophene rings is 1. The zero-order chi connectivity index (χ0) is 21.4. The maximum atomic E-state index is 14.0. The van der Waals surface area contributed by atoms with Gasteiger partial charge in [0.1, 0.15) is 5.41 Å². The number of hydrogen-bond donors (Lipinski definition) is 0. The van der Waals surface area contributed by atoms with Gasteiger partial charge in [0.05, 0.1) is 11.0 Å². The summed E-state index contributed by atoms with van der Waals surface area (Å²) in [5.41, 5.74) is 1.65. The predicted octanol–water partition coefficient (Wildman–Crippen LogP) is 5.73. The molecule has 0 saturated carbocycles. The van der Waals surface area contributed by atoms with Crippen LogP contribution in [0.4, 0.5) is 11.4 Å². The van der Waals surface area contributed by atoms with Gasteiger partial charge in [0.15, 0.2) is 0 Å². The first-order valence-electron chi connectivity index (χ1n) is 9.86. The number of carbonyl (C=O) groups excluding carboxylic acids is 1. The topological polar surface area (TPSA) is 63.5 Å². The molecular weight excluding hydrogens is 408 g/mol. The smallest absolute Gasteiger partial charge is 0.269 e. The molecule has 1 saturated heterocycles. The summed E-state index contributed by atoms with van der Waals surface area (Å²) in [6, 6.07) is 29.6. The van der Waals surface area contributed by atoms with Crippen molar-refractivity contribution in [2.75, 3.05) is 4.90 Å². The Labute approximate surface area is 183 Å². The lowest BCUT2D eigenvalue weighted by molar-refractivity contribution is -0.384. The highest BCUT2D eigenvalue weighted by molar-refractivity contribution is 7.10. The van der Waals surface area contributed by atoms with Crippen molar-refractivity contribution in [2.24, 2.45) is 0 Å². The molecule has 0 aliphatic carbocycles. The highest BCUT2D eigenvalue weighted by Gasteiger charge is 2.63. The Bertz CT molecular complexity index is 1180. The Morgan fingerprint density at radius 2 is 1.39 bits per heavy atom. The predicted molar refractivity (Wildman–Crippen MR) is 121 cm³/mol. The molecule has 5 rings (SSSR count). The minimum Gasteiger partial charge on any atom is -0.301 e. The van der Waals surface area contributed by atoms with Gasteiger partial charge < -0.3 is 4.90 Å². The van der Waals surface area contributed by atoms with Crippen molar-refractivity contribution < 1.29 is 9.72 Å². The molecule has 0 radical (unpaired) electrons. The van der Waals surface area contributed by atoms with Crippen molar-refractivity contribution in [3.8, 4) is 0 Å². The molecule has 1 atom stereocenters. The van der Waals surface area contributed by atoms with Gasteiger partial charge in [0, 0.05) is 22.7 Å². The van der Waals surface area contributed by atoms with Crippen molar-refractivity contribution >= 4 is 28.6 Å². The van der Waals surface area contributed by atoms with Crippen molar-refractivity contribution in [1.82, 2.24) is 0 Å². The molecule has 1 fully saturated rings. The van der Waals surface area contributed by atoms with Crippen LogP contribution in [-0.4, -0.2) is 10.8 Å². The Morgan fingerprint density at radius 3 is 1.87 bits per heavy atom. The first-order valence-corrected chi connectivity index (χ1v) is 10.7. The van der Waals surface area contributed by atoms with Gasteiger partial charge in [-0.05, 0) is 34.7 Å². The largest absolute Gasteiger partial charge is 0.301 e. The summed E-state index contributed by atoms with van der Waals surface area (Å²) < 4.78 is 0. The molecule has 1 amide bonds. The molecule has 3 aromatic carbocycles. The molecule has 0 N–H and O–H groups in total.